The Hall–Kier alpha value is -2.31. The summed E-state index contributed by atoms with van der Waals surface area (Å²) in [4.78, 5) is 0. The number of benzene rings is 4. The molecule has 0 amide bonds. The molecule has 0 aromatic heterocycles. The molecule has 0 bridgehead atoms. The molecule has 0 N–H and O–H groups in total. The Labute approximate surface area is 311 Å². The first-order valence-electron chi connectivity index (χ1n) is 17.1. The van der Waals surface area contributed by atoms with Gasteiger partial charge < -0.3 is 24.8 Å². The molecule has 3 heteroatoms. The summed E-state index contributed by atoms with van der Waals surface area (Å²) >= 11 is -2.80. The Kier molecular flexibility index (Phi) is 11.3. The van der Waals surface area contributed by atoms with E-state index < -0.39 is 21.3 Å². The van der Waals surface area contributed by atoms with E-state index in [1.54, 1.807) is 17.6 Å². The van der Waals surface area contributed by atoms with Gasteiger partial charge in [0.1, 0.15) is 0 Å². The molecule has 0 spiro atoms. The molecule has 0 atom stereocenters. The van der Waals surface area contributed by atoms with Crippen LogP contribution in [0.5, 0.6) is 0 Å². The summed E-state index contributed by atoms with van der Waals surface area (Å²) in [6.45, 7) is 24.2. The summed E-state index contributed by atoms with van der Waals surface area (Å²) in [5, 5.41) is 0. The molecule has 250 valence electrons. The second-order valence-electron chi connectivity index (χ2n) is 16.6. The van der Waals surface area contributed by atoms with Crippen LogP contribution in [-0.2, 0) is 42.9 Å². The third kappa shape index (κ3) is 7.00. The molecule has 48 heavy (non-hydrogen) atoms. The topological polar surface area (TPSA) is 0 Å². The molecular weight excluding hydrogens is 703 g/mol. The largest absolute Gasteiger partial charge is 1.00 e. The van der Waals surface area contributed by atoms with Crippen LogP contribution in [0.3, 0.4) is 0 Å². The van der Waals surface area contributed by atoms with E-state index in [-0.39, 0.29) is 46.5 Å². The van der Waals surface area contributed by atoms with E-state index in [0.717, 1.165) is 6.42 Å². The van der Waals surface area contributed by atoms with Crippen molar-refractivity contribution in [2.75, 3.05) is 0 Å². The molecular formula is C45H52Cl2Zr. The fourth-order valence-electron chi connectivity index (χ4n) is 8.08. The Morgan fingerprint density at radius 3 is 1.31 bits per heavy atom. The first kappa shape index (κ1) is 38.5. The van der Waals surface area contributed by atoms with Gasteiger partial charge in [-0.1, -0.05) is 0 Å². The van der Waals surface area contributed by atoms with Crippen LogP contribution >= 0.6 is 0 Å². The minimum absolute atomic E-state index is 0. The first-order valence-corrected chi connectivity index (χ1v) is 21.0. The van der Waals surface area contributed by atoms with E-state index in [1.807, 2.05) is 0 Å². The number of hydrogen-bond acceptors (Lipinski definition) is 0. The predicted octanol–water partition coefficient (Wildman–Crippen LogP) is 5.95. The summed E-state index contributed by atoms with van der Waals surface area (Å²) in [5.74, 6) is 0. The van der Waals surface area contributed by atoms with Gasteiger partial charge in [0.15, 0.2) is 0 Å². The zero-order valence-electron chi connectivity index (χ0n) is 30.5. The number of halogens is 2. The molecule has 0 nitrogen and oxygen atoms in total. The Balaban J connectivity index is 0.00000260. The molecule has 4 aromatic carbocycles. The van der Waals surface area contributed by atoms with Crippen molar-refractivity contribution in [1.82, 2.24) is 0 Å². The zero-order chi connectivity index (χ0) is 33.1. The average molecular weight is 755 g/mol. The van der Waals surface area contributed by atoms with Gasteiger partial charge in [-0.25, -0.2) is 0 Å². The molecule has 0 saturated carbocycles. The van der Waals surface area contributed by atoms with E-state index >= 15 is 0 Å². The molecule has 6 rings (SSSR count). The van der Waals surface area contributed by atoms with Gasteiger partial charge >= 0.3 is 288 Å². The van der Waals surface area contributed by atoms with Crippen LogP contribution in [0.15, 0.2) is 119 Å². The van der Waals surface area contributed by atoms with Crippen LogP contribution in [-0.4, -0.2) is 3.21 Å². The van der Waals surface area contributed by atoms with Crippen molar-refractivity contribution in [3.63, 3.8) is 0 Å². The molecule has 2 aliphatic rings. The molecule has 0 saturated heterocycles. The van der Waals surface area contributed by atoms with Crippen molar-refractivity contribution in [2.45, 2.75) is 101 Å². The first-order chi connectivity index (χ1) is 21.6. The van der Waals surface area contributed by atoms with Crippen molar-refractivity contribution < 1.29 is 46.1 Å². The standard InChI is InChI=1S/C21H25.C19H22.C5H5.2ClH.Zr/c1-20(2,3)16-9-7-14-11-15-8-10-17(21(4,5)6)13-19(15)18(14)12-16;1-18(2,16-11-7-5-8-12-16)15-19(3,4)17-13-9-6-10-14-17;1-2-4-5-3-1;;;/h7-13H,1-6H3;5-14H,1-4H3;1-3H,4H2;2*1H;/q;;;;;+2/p-2. The van der Waals surface area contributed by atoms with E-state index in [2.05, 4.69) is 185 Å². The molecule has 0 radical (unpaired) electrons. The third-order valence-corrected chi connectivity index (χ3v) is 20.6. The van der Waals surface area contributed by atoms with E-state index in [0.29, 0.717) is 3.63 Å². The third-order valence-electron chi connectivity index (χ3n) is 10.7. The number of hydrogen-bond donors (Lipinski definition) is 0. The fourth-order valence-corrected chi connectivity index (χ4v) is 18.8. The maximum atomic E-state index is 2.55. The average Bonchev–Trinajstić information content (AvgIpc) is 3.66. The summed E-state index contributed by atoms with van der Waals surface area (Å²) < 4.78 is 3.91. The van der Waals surface area contributed by atoms with Crippen molar-refractivity contribution in [2.24, 2.45) is 0 Å². The molecule has 0 fully saturated rings. The van der Waals surface area contributed by atoms with Crippen LogP contribution in [0.2, 0.25) is 0 Å². The van der Waals surface area contributed by atoms with Crippen LogP contribution in [0, 0.1) is 0 Å². The number of fused-ring (bicyclic) bond motifs is 3. The number of rotatable bonds is 6. The van der Waals surface area contributed by atoms with Gasteiger partial charge in [-0.05, 0) is 0 Å². The van der Waals surface area contributed by atoms with Crippen LogP contribution < -0.4 is 24.8 Å². The van der Waals surface area contributed by atoms with Crippen LogP contribution in [0.4, 0.5) is 0 Å². The van der Waals surface area contributed by atoms with Gasteiger partial charge in [0.05, 0.1) is 0 Å². The minimum Gasteiger partial charge on any atom is -1.00 e. The van der Waals surface area contributed by atoms with Gasteiger partial charge in [0.2, 0.25) is 0 Å². The predicted molar refractivity (Wildman–Crippen MR) is 197 cm³/mol. The summed E-state index contributed by atoms with van der Waals surface area (Å²) in [6, 6.07) is 37.7. The quantitative estimate of drug-likeness (QED) is 0.229. The van der Waals surface area contributed by atoms with Gasteiger partial charge in [-0.2, -0.15) is 0 Å². The van der Waals surface area contributed by atoms with Gasteiger partial charge in [0, 0.05) is 0 Å². The second kappa shape index (κ2) is 14.1. The zero-order valence-corrected chi connectivity index (χ0v) is 34.5. The van der Waals surface area contributed by atoms with Crippen LogP contribution in [0.1, 0.15) is 113 Å². The summed E-state index contributed by atoms with van der Waals surface area (Å²) in [5.41, 5.74) is 11.7. The van der Waals surface area contributed by atoms with Gasteiger partial charge in [0.25, 0.3) is 0 Å². The van der Waals surface area contributed by atoms with Crippen molar-refractivity contribution in [3.8, 4) is 11.1 Å². The molecule has 0 heterocycles. The SMILES string of the molecule is CC(C)(C)c1ccc2c(c1)-c1cc(C(C)(C)C)ccc1[CH]2[Zr+2]([C]1=CC=CC1)=[C](C(C)(C)c1ccccc1)C(C)(C)c1ccccc1.[Cl-].[Cl-]. The Bertz CT molecular complexity index is 1740. The number of allylic oxidation sites excluding steroid dienone is 4. The monoisotopic (exact) mass is 752 g/mol. The summed E-state index contributed by atoms with van der Waals surface area (Å²) in [7, 11) is 0. The van der Waals surface area contributed by atoms with Crippen molar-refractivity contribution in [1.29, 1.82) is 0 Å². The van der Waals surface area contributed by atoms with E-state index in [4.69, 9.17) is 0 Å². The Morgan fingerprint density at radius 1 is 0.542 bits per heavy atom. The molecule has 4 aromatic rings. The van der Waals surface area contributed by atoms with Crippen molar-refractivity contribution >= 4 is 3.21 Å². The smallest absolute Gasteiger partial charge is 1.00 e. The summed E-state index contributed by atoms with van der Waals surface area (Å²) in [6.07, 6.45) is 8.33. The Morgan fingerprint density at radius 2 is 0.958 bits per heavy atom. The fraction of sp³-hybridized carbons (Fsp3) is 0.356. The molecule has 2 aliphatic carbocycles. The second-order valence-corrected chi connectivity index (χ2v) is 22.9. The van der Waals surface area contributed by atoms with E-state index in [1.165, 1.54) is 33.4 Å². The minimum atomic E-state index is -2.80. The van der Waals surface area contributed by atoms with Gasteiger partial charge in [-0.15, -0.1) is 0 Å². The van der Waals surface area contributed by atoms with Crippen LogP contribution in [0.25, 0.3) is 11.1 Å². The van der Waals surface area contributed by atoms with Crippen molar-refractivity contribution in [3.05, 3.63) is 152 Å². The normalized spacial score (nSPS) is 14.2. The molecule has 0 unspecified atom stereocenters. The maximum Gasteiger partial charge on any atom is -1.00 e. The maximum absolute atomic E-state index is 2.80. The molecule has 0 aliphatic heterocycles. The van der Waals surface area contributed by atoms with Gasteiger partial charge in [-0.3, -0.25) is 0 Å². The van der Waals surface area contributed by atoms with E-state index in [9.17, 15) is 0 Å².